The molecule has 0 aliphatic heterocycles. The quantitative estimate of drug-likeness (QED) is 0.857. The van der Waals surface area contributed by atoms with Gasteiger partial charge in [0.2, 0.25) is 0 Å². The van der Waals surface area contributed by atoms with Crippen LogP contribution in [0.2, 0.25) is 0 Å². The predicted molar refractivity (Wildman–Crippen MR) is 74.3 cm³/mol. The number of urea groups is 1. The molecule has 0 radical (unpaired) electrons. The second-order valence-electron chi connectivity index (χ2n) is 4.86. The zero-order chi connectivity index (χ0) is 14.4. The third-order valence-corrected chi connectivity index (χ3v) is 2.75. The number of aliphatic carboxylic acids is 1. The van der Waals surface area contributed by atoms with Crippen LogP contribution in [0.5, 0.6) is 0 Å². The van der Waals surface area contributed by atoms with Crippen LogP contribution in [0.15, 0.2) is 30.3 Å². The van der Waals surface area contributed by atoms with Crippen LogP contribution in [0, 0.1) is 5.92 Å². The van der Waals surface area contributed by atoms with Crippen LogP contribution in [0.3, 0.4) is 0 Å². The number of amides is 2. The third-order valence-electron chi connectivity index (χ3n) is 2.75. The minimum Gasteiger partial charge on any atom is -0.480 e. The summed E-state index contributed by atoms with van der Waals surface area (Å²) >= 11 is 0. The van der Waals surface area contributed by atoms with Crippen molar-refractivity contribution in [1.29, 1.82) is 0 Å². The minimum atomic E-state index is -1.01. The molecule has 1 rings (SSSR count). The molecule has 0 aromatic heterocycles. The Morgan fingerprint density at radius 2 is 1.84 bits per heavy atom. The van der Waals surface area contributed by atoms with E-state index in [9.17, 15) is 9.59 Å². The van der Waals surface area contributed by atoms with Crippen LogP contribution >= 0.6 is 0 Å². The molecule has 0 saturated carbocycles. The lowest BCUT2D eigenvalue weighted by Gasteiger charge is -2.22. The number of carboxylic acids is 1. The van der Waals surface area contributed by atoms with Crippen LogP contribution < -0.4 is 10.2 Å². The summed E-state index contributed by atoms with van der Waals surface area (Å²) in [4.78, 5) is 24.5. The molecule has 0 bridgehead atoms. The fourth-order valence-corrected chi connectivity index (χ4v) is 1.71. The largest absolute Gasteiger partial charge is 0.480 e. The molecule has 1 aromatic rings. The molecule has 1 atom stereocenters. The summed E-state index contributed by atoms with van der Waals surface area (Å²) < 4.78 is 0. The van der Waals surface area contributed by atoms with Gasteiger partial charge in [0.25, 0.3) is 0 Å². The summed E-state index contributed by atoms with van der Waals surface area (Å²) in [7, 11) is 1.61. The normalized spacial score (nSPS) is 12.0. The van der Waals surface area contributed by atoms with E-state index < -0.39 is 18.0 Å². The van der Waals surface area contributed by atoms with Gasteiger partial charge in [-0.1, -0.05) is 32.0 Å². The molecule has 0 heterocycles. The molecule has 2 N–H and O–H groups in total. The van der Waals surface area contributed by atoms with Crippen molar-refractivity contribution in [2.45, 2.75) is 26.3 Å². The average Bonchev–Trinajstić information content (AvgIpc) is 2.37. The standard InChI is InChI=1S/C14H20N2O3/c1-10(2)9-12(13(17)18)15-14(19)16(3)11-7-5-4-6-8-11/h4-8,10,12H,9H2,1-3H3,(H,15,19)(H,17,18)/t12-/m1/s1. The van der Waals surface area contributed by atoms with Crippen molar-refractivity contribution in [3.8, 4) is 0 Å². The molecular formula is C14H20N2O3. The van der Waals surface area contributed by atoms with Crippen molar-refractivity contribution >= 4 is 17.7 Å². The molecule has 1 aromatic carbocycles. The zero-order valence-corrected chi connectivity index (χ0v) is 11.5. The van der Waals surface area contributed by atoms with Gasteiger partial charge in [0.15, 0.2) is 0 Å². The van der Waals surface area contributed by atoms with Gasteiger partial charge < -0.3 is 10.4 Å². The Kier molecular flexibility index (Phi) is 5.36. The van der Waals surface area contributed by atoms with Gasteiger partial charge in [0.05, 0.1) is 0 Å². The highest BCUT2D eigenvalue weighted by Crippen LogP contribution is 2.12. The lowest BCUT2D eigenvalue weighted by molar-refractivity contribution is -0.139. The van der Waals surface area contributed by atoms with Crippen molar-refractivity contribution in [2.75, 3.05) is 11.9 Å². The van der Waals surface area contributed by atoms with Gasteiger partial charge >= 0.3 is 12.0 Å². The van der Waals surface area contributed by atoms with Crippen LogP contribution in [0.4, 0.5) is 10.5 Å². The molecule has 19 heavy (non-hydrogen) atoms. The molecule has 0 aliphatic carbocycles. The number of anilines is 1. The van der Waals surface area contributed by atoms with Crippen molar-refractivity contribution in [2.24, 2.45) is 5.92 Å². The first-order valence-corrected chi connectivity index (χ1v) is 6.24. The van der Waals surface area contributed by atoms with E-state index in [4.69, 9.17) is 5.11 Å². The molecule has 5 heteroatoms. The second-order valence-corrected chi connectivity index (χ2v) is 4.86. The van der Waals surface area contributed by atoms with E-state index in [1.54, 1.807) is 19.2 Å². The van der Waals surface area contributed by atoms with Crippen LogP contribution in [0.25, 0.3) is 0 Å². The Labute approximate surface area is 113 Å². The van der Waals surface area contributed by atoms with Gasteiger partial charge in [-0.3, -0.25) is 4.90 Å². The van der Waals surface area contributed by atoms with E-state index in [1.807, 2.05) is 32.0 Å². The maximum atomic E-state index is 12.0. The first-order chi connectivity index (χ1) is 8.91. The molecule has 5 nitrogen and oxygen atoms in total. The van der Waals surface area contributed by atoms with E-state index in [0.29, 0.717) is 12.1 Å². The number of nitrogens with zero attached hydrogens (tertiary/aromatic N) is 1. The number of rotatable bonds is 5. The summed E-state index contributed by atoms with van der Waals surface area (Å²) in [5.74, 6) is -0.813. The summed E-state index contributed by atoms with van der Waals surface area (Å²) in [6.07, 6.45) is 0.406. The van der Waals surface area contributed by atoms with Crippen LogP contribution in [-0.4, -0.2) is 30.2 Å². The molecule has 2 amide bonds. The van der Waals surface area contributed by atoms with E-state index in [-0.39, 0.29) is 5.92 Å². The molecule has 0 aliphatic rings. The maximum absolute atomic E-state index is 12.0. The van der Waals surface area contributed by atoms with Crippen molar-refractivity contribution in [3.05, 3.63) is 30.3 Å². The Bertz CT molecular complexity index is 432. The van der Waals surface area contributed by atoms with Gasteiger partial charge in [0, 0.05) is 12.7 Å². The Hall–Kier alpha value is -2.04. The highest BCUT2D eigenvalue weighted by atomic mass is 16.4. The second kappa shape index (κ2) is 6.78. The number of hydrogen-bond acceptors (Lipinski definition) is 2. The fourth-order valence-electron chi connectivity index (χ4n) is 1.71. The Balaban J connectivity index is 2.69. The highest BCUT2D eigenvalue weighted by molar-refractivity contribution is 5.93. The Morgan fingerprint density at radius 1 is 1.26 bits per heavy atom. The summed E-state index contributed by atoms with van der Waals surface area (Å²) in [5, 5.41) is 11.6. The van der Waals surface area contributed by atoms with Gasteiger partial charge in [-0.05, 0) is 24.5 Å². The number of hydrogen-bond donors (Lipinski definition) is 2. The monoisotopic (exact) mass is 264 g/mol. The molecule has 0 unspecified atom stereocenters. The third kappa shape index (κ3) is 4.62. The van der Waals surface area contributed by atoms with Crippen molar-refractivity contribution in [1.82, 2.24) is 5.32 Å². The van der Waals surface area contributed by atoms with Gasteiger partial charge in [-0.2, -0.15) is 0 Å². The summed E-state index contributed by atoms with van der Waals surface area (Å²) in [6.45, 7) is 3.84. The number of nitrogens with one attached hydrogen (secondary N) is 1. The van der Waals surface area contributed by atoms with Gasteiger partial charge in [-0.15, -0.1) is 0 Å². The van der Waals surface area contributed by atoms with Gasteiger partial charge in [0.1, 0.15) is 6.04 Å². The lowest BCUT2D eigenvalue weighted by Crippen LogP contribution is -2.47. The smallest absolute Gasteiger partial charge is 0.326 e. The maximum Gasteiger partial charge on any atom is 0.326 e. The van der Waals surface area contributed by atoms with Crippen molar-refractivity contribution in [3.63, 3.8) is 0 Å². The van der Waals surface area contributed by atoms with Crippen LogP contribution in [-0.2, 0) is 4.79 Å². The molecular weight excluding hydrogens is 244 g/mol. The van der Waals surface area contributed by atoms with Gasteiger partial charge in [-0.25, -0.2) is 9.59 Å². The SMILES string of the molecule is CC(C)C[C@@H](NC(=O)N(C)c1ccccc1)C(=O)O. The topological polar surface area (TPSA) is 69.6 Å². The van der Waals surface area contributed by atoms with Crippen LogP contribution in [0.1, 0.15) is 20.3 Å². The first kappa shape index (κ1) is 15.0. The number of benzene rings is 1. The average molecular weight is 264 g/mol. The summed E-state index contributed by atoms with van der Waals surface area (Å²) in [6, 6.07) is 7.80. The van der Waals surface area contributed by atoms with E-state index in [2.05, 4.69) is 5.32 Å². The molecule has 104 valence electrons. The number of carbonyl (C=O) groups excluding carboxylic acids is 1. The van der Waals surface area contributed by atoms with E-state index in [0.717, 1.165) is 0 Å². The number of carboxylic acid groups (broad SMARTS) is 1. The molecule has 0 spiro atoms. The summed E-state index contributed by atoms with van der Waals surface area (Å²) in [5.41, 5.74) is 0.716. The predicted octanol–water partition coefficient (Wildman–Crippen LogP) is 2.33. The fraction of sp³-hybridized carbons (Fsp3) is 0.429. The zero-order valence-electron chi connectivity index (χ0n) is 11.5. The lowest BCUT2D eigenvalue weighted by atomic mass is 10.0. The molecule has 0 saturated heterocycles. The molecule has 0 fully saturated rings. The van der Waals surface area contributed by atoms with E-state index >= 15 is 0 Å². The number of para-hydroxylation sites is 1. The first-order valence-electron chi connectivity index (χ1n) is 6.24. The van der Waals surface area contributed by atoms with E-state index in [1.165, 1.54) is 4.90 Å². The minimum absolute atomic E-state index is 0.198. The van der Waals surface area contributed by atoms with Crippen molar-refractivity contribution < 1.29 is 14.7 Å². The number of carbonyl (C=O) groups is 2. The Morgan fingerprint density at radius 3 is 2.32 bits per heavy atom. The highest BCUT2D eigenvalue weighted by Gasteiger charge is 2.23.